The molecule has 0 saturated carbocycles. The molecule has 0 aromatic heterocycles. The molecule has 1 aliphatic heterocycles. The van der Waals surface area contributed by atoms with E-state index < -0.39 is 11.7 Å². The number of carbonyl (C=O) groups is 1. The summed E-state index contributed by atoms with van der Waals surface area (Å²) in [4.78, 5) is 11.8. The topological polar surface area (TPSA) is 41.1 Å². The molecular weight excluding hydrogens is 305 g/mol. The van der Waals surface area contributed by atoms with Gasteiger partial charge in [0.2, 0.25) is 5.91 Å². The Morgan fingerprint density at radius 3 is 2.71 bits per heavy atom. The number of hydrogen-bond donors (Lipinski definition) is 2. The smallest absolute Gasteiger partial charge is 0.326 e. The lowest BCUT2D eigenvalue weighted by Crippen LogP contribution is -2.27. The van der Waals surface area contributed by atoms with E-state index in [2.05, 4.69) is 10.6 Å². The third kappa shape index (κ3) is 4.89. The molecule has 0 aliphatic carbocycles. The first-order valence-electron chi connectivity index (χ1n) is 6.57. The molecule has 1 amide bonds. The Bertz CT molecular complexity index is 499. The van der Waals surface area contributed by atoms with Gasteiger partial charge in [-0.1, -0.05) is 6.07 Å². The third-order valence-corrected chi connectivity index (χ3v) is 3.42. The molecule has 0 radical (unpaired) electrons. The number of halogens is 4. The number of amides is 1. The van der Waals surface area contributed by atoms with E-state index in [1.54, 1.807) is 0 Å². The minimum atomic E-state index is -4.40. The quantitative estimate of drug-likeness (QED) is 0.894. The van der Waals surface area contributed by atoms with Crippen molar-refractivity contribution in [1.29, 1.82) is 0 Å². The summed E-state index contributed by atoms with van der Waals surface area (Å²) in [5.74, 6) is -0.263. The Morgan fingerprint density at radius 1 is 1.43 bits per heavy atom. The molecule has 1 aliphatic rings. The lowest BCUT2D eigenvalue weighted by molar-refractivity contribution is -0.138. The highest BCUT2D eigenvalue weighted by molar-refractivity contribution is 5.91. The van der Waals surface area contributed by atoms with Crippen molar-refractivity contribution in [2.45, 2.75) is 38.4 Å². The average Bonchev–Trinajstić information content (AvgIpc) is 2.83. The van der Waals surface area contributed by atoms with E-state index in [4.69, 9.17) is 0 Å². The van der Waals surface area contributed by atoms with Crippen LogP contribution in [0.1, 0.15) is 30.4 Å². The number of benzene rings is 1. The number of anilines is 1. The summed E-state index contributed by atoms with van der Waals surface area (Å²) >= 11 is 0. The number of aryl methyl sites for hydroxylation is 1. The molecule has 0 spiro atoms. The van der Waals surface area contributed by atoms with Crippen LogP contribution in [0, 0.1) is 6.92 Å². The first-order valence-corrected chi connectivity index (χ1v) is 6.57. The van der Waals surface area contributed by atoms with Gasteiger partial charge in [-0.3, -0.25) is 4.79 Å². The highest BCUT2D eigenvalue weighted by Crippen LogP contribution is 2.33. The van der Waals surface area contributed by atoms with Crippen molar-refractivity contribution in [3.8, 4) is 0 Å². The zero-order valence-electron chi connectivity index (χ0n) is 11.6. The van der Waals surface area contributed by atoms with E-state index in [1.165, 1.54) is 19.1 Å². The maximum Gasteiger partial charge on any atom is 0.416 e. The van der Waals surface area contributed by atoms with Crippen molar-refractivity contribution in [1.82, 2.24) is 5.32 Å². The van der Waals surface area contributed by atoms with Crippen LogP contribution in [0.5, 0.6) is 0 Å². The van der Waals surface area contributed by atoms with Gasteiger partial charge >= 0.3 is 6.18 Å². The molecule has 2 N–H and O–H groups in total. The van der Waals surface area contributed by atoms with E-state index in [1.807, 2.05) is 0 Å². The predicted molar refractivity (Wildman–Crippen MR) is 77.7 cm³/mol. The molecule has 3 nitrogen and oxygen atoms in total. The highest BCUT2D eigenvalue weighted by atomic mass is 35.5. The maximum absolute atomic E-state index is 12.8. The van der Waals surface area contributed by atoms with Crippen LogP contribution in [-0.2, 0) is 11.0 Å². The minimum Gasteiger partial charge on any atom is -0.326 e. The zero-order valence-corrected chi connectivity index (χ0v) is 12.4. The van der Waals surface area contributed by atoms with Crippen molar-refractivity contribution in [3.05, 3.63) is 29.3 Å². The number of carbonyl (C=O) groups excluding carboxylic acids is 1. The van der Waals surface area contributed by atoms with E-state index in [0.717, 1.165) is 25.5 Å². The molecule has 118 valence electrons. The molecule has 1 fully saturated rings. The average molecular weight is 323 g/mol. The fourth-order valence-corrected chi connectivity index (χ4v) is 2.37. The molecule has 1 heterocycles. The van der Waals surface area contributed by atoms with Crippen molar-refractivity contribution in [3.63, 3.8) is 0 Å². The highest BCUT2D eigenvalue weighted by Gasteiger charge is 2.32. The summed E-state index contributed by atoms with van der Waals surface area (Å²) < 4.78 is 38.3. The molecular formula is C14H18ClF3N2O. The Kier molecular flexibility index (Phi) is 6.04. The van der Waals surface area contributed by atoms with Gasteiger partial charge < -0.3 is 10.6 Å². The van der Waals surface area contributed by atoms with Gasteiger partial charge in [-0.2, -0.15) is 13.2 Å². The zero-order chi connectivity index (χ0) is 14.8. The summed E-state index contributed by atoms with van der Waals surface area (Å²) in [6, 6.07) is 3.97. The normalized spacial score (nSPS) is 18.2. The maximum atomic E-state index is 12.8. The van der Waals surface area contributed by atoms with Crippen molar-refractivity contribution < 1.29 is 18.0 Å². The first-order chi connectivity index (χ1) is 9.36. The molecule has 1 saturated heterocycles. The second kappa shape index (κ2) is 7.13. The van der Waals surface area contributed by atoms with Crippen LogP contribution < -0.4 is 10.6 Å². The molecule has 21 heavy (non-hydrogen) atoms. The molecule has 1 unspecified atom stereocenters. The monoisotopic (exact) mass is 322 g/mol. The number of rotatable bonds is 3. The summed E-state index contributed by atoms with van der Waals surface area (Å²) in [7, 11) is 0. The van der Waals surface area contributed by atoms with Crippen LogP contribution in [0.15, 0.2) is 18.2 Å². The van der Waals surface area contributed by atoms with Gasteiger partial charge in [0.05, 0.1) is 5.56 Å². The lowest BCUT2D eigenvalue weighted by Gasteiger charge is -2.14. The van der Waals surface area contributed by atoms with Crippen LogP contribution in [0.4, 0.5) is 18.9 Å². The fraction of sp³-hybridized carbons (Fsp3) is 0.500. The summed E-state index contributed by atoms with van der Waals surface area (Å²) in [6.07, 6.45) is -2.16. The van der Waals surface area contributed by atoms with E-state index in [-0.39, 0.29) is 42.0 Å². The van der Waals surface area contributed by atoms with Crippen LogP contribution in [0.25, 0.3) is 0 Å². The SMILES string of the molecule is Cc1ccc(NC(=O)CC2CCCN2)cc1C(F)(F)F.Cl. The van der Waals surface area contributed by atoms with Crippen molar-refractivity contribution in [2.24, 2.45) is 0 Å². The van der Waals surface area contributed by atoms with Crippen molar-refractivity contribution >= 4 is 24.0 Å². The summed E-state index contributed by atoms with van der Waals surface area (Å²) in [6.45, 7) is 2.29. The van der Waals surface area contributed by atoms with Gasteiger partial charge in [-0.25, -0.2) is 0 Å². The van der Waals surface area contributed by atoms with Gasteiger partial charge in [0.1, 0.15) is 0 Å². The third-order valence-electron chi connectivity index (χ3n) is 3.42. The van der Waals surface area contributed by atoms with E-state index in [9.17, 15) is 18.0 Å². The number of nitrogens with one attached hydrogen (secondary N) is 2. The summed E-state index contributed by atoms with van der Waals surface area (Å²) in [5.41, 5.74) is -0.381. The van der Waals surface area contributed by atoms with Gasteiger partial charge in [-0.15, -0.1) is 12.4 Å². The Hall–Kier alpha value is -1.27. The van der Waals surface area contributed by atoms with Crippen LogP contribution in [-0.4, -0.2) is 18.5 Å². The second-order valence-electron chi connectivity index (χ2n) is 5.07. The molecule has 1 aromatic rings. The van der Waals surface area contributed by atoms with Gasteiger partial charge in [0, 0.05) is 18.2 Å². The molecule has 2 rings (SSSR count). The van der Waals surface area contributed by atoms with Crippen LogP contribution >= 0.6 is 12.4 Å². The van der Waals surface area contributed by atoms with Gasteiger partial charge in [0.15, 0.2) is 0 Å². The second-order valence-corrected chi connectivity index (χ2v) is 5.07. The molecule has 1 atom stereocenters. The van der Waals surface area contributed by atoms with Crippen molar-refractivity contribution in [2.75, 3.05) is 11.9 Å². The Balaban J connectivity index is 0.00000220. The molecule has 0 bridgehead atoms. The molecule has 7 heteroatoms. The largest absolute Gasteiger partial charge is 0.416 e. The fourth-order valence-electron chi connectivity index (χ4n) is 2.37. The van der Waals surface area contributed by atoms with Crippen LogP contribution in [0.3, 0.4) is 0 Å². The minimum absolute atomic E-state index is 0. The summed E-state index contributed by atoms with van der Waals surface area (Å²) in [5, 5.41) is 5.71. The predicted octanol–water partition coefficient (Wildman–Crippen LogP) is 3.52. The van der Waals surface area contributed by atoms with Gasteiger partial charge in [0.25, 0.3) is 0 Å². The molecule has 1 aromatic carbocycles. The number of alkyl halides is 3. The lowest BCUT2D eigenvalue weighted by atomic mass is 10.1. The van der Waals surface area contributed by atoms with E-state index in [0.29, 0.717) is 0 Å². The Morgan fingerprint density at radius 2 is 2.14 bits per heavy atom. The van der Waals surface area contributed by atoms with Crippen LogP contribution in [0.2, 0.25) is 0 Å². The van der Waals surface area contributed by atoms with E-state index >= 15 is 0 Å². The van der Waals surface area contributed by atoms with Gasteiger partial charge in [-0.05, 0) is 44.0 Å². The Labute approximate surface area is 127 Å². The number of hydrogen-bond acceptors (Lipinski definition) is 2. The standard InChI is InChI=1S/C14H17F3N2O.ClH/c1-9-4-5-11(7-12(9)14(15,16)17)19-13(20)8-10-3-2-6-18-10;/h4-5,7,10,18H,2-3,6,8H2,1H3,(H,19,20);1H. The first kappa shape index (κ1) is 17.8.